The molecule has 0 spiro atoms. The quantitative estimate of drug-likeness (QED) is 0.576. The van der Waals surface area contributed by atoms with E-state index in [1.54, 1.807) is 6.07 Å². The topological polar surface area (TPSA) is 56.8 Å². The molecule has 0 aliphatic carbocycles. The predicted molar refractivity (Wildman–Crippen MR) is 117 cm³/mol. The molecule has 5 nitrogen and oxygen atoms in total. The molecule has 1 saturated heterocycles. The third-order valence-electron chi connectivity index (χ3n) is 4.69. The number of carbonyl (C=O) groups excluding carboxylic acids is 1. The lowest BCUT2D eigenvalue weighted by atomic mass is 9.77. The largest absolute Gasteiger partial charge is 0.492 e. The molecule has 1 N–H and O–H groups in total. The molecule has 1 amide bonds. The summed E-state index contributed by atoms with van der Waals surface area (Å²) in [5, 5.41) is 3.37. The SMILES string of the molecule is CC(C)(C)OC(=O)NCC(=Cc1cc(Br)ccc1Cl)B1OC(C)(C)C(C)(C)O1. The second kappa shape index (κ2) is 8.38. The molecule has 8 heteroatoms. The zero-order valence-electron chi connectivity index (χ0n) is 17.5. The van der Waals surface area contributed by atoms with Gasteiger partial charge in [-0.05, 0) is 77.7 Å². The van der Waals surface area contributed by atoms with E-state index in [-0.39, 0.29) is 6.54 Å². The summed E-state index contributed by atoms with van der Waals surface area (Å²) in [5.41, 5.74) is -0.0319. The third-order valence-corrected chi connectivity index (χ3v) is 5.53. The summed E-state index contributed by atoms with van der Waals surface area (Å²) >= 11 is 9.81. The predicted octanol–water partition coefficient (Wildman–Crippen LogP) is 5.64. The van der Waals surface area contributed by atoms with Crippen molar-refractivity contribution in [3.05, 3.63) is 38.7 Å². The Labute approximate surface area is 181 Å². The number of rotatable bonds is 4. The van der Waals surface area contributed by atoms with Crippen LogP contribution >= 0.6 is 27.5 Å². The van der Waals surface area contributed by atoms with Crippen LogP contribution in [0.5, 0.6) is 0 Å². The van der Waals surface area contributed by atoms with Crippen LogP contribution in [0.15, 0.2) is 28.1 Å². The number of carbonyl (C=O) groups is 1. The second-order valence-electron chi connectivity index (χ2n) is 8.83. The monoisotopic (exact) mass is 471 g/mol. The summed E-state index contributed by atoms with van der Waals surface area (Å²) in [5.74, 6) is 0. The van der Waals surface area contributed by atoms with Gasteiger partial charge in [-0.15, -0.1) is 0 Å². The van der Waals surface area contributed by atoms with E-state index in [0.29, 0.717) is 5.02 Å². The summed E-state index contributed by atoms with van der Waals surface area (Å²) in [7, 11) is -0.616. The molecule has 28 heavy (non-hydrogen) atoms. The van der Waals surface area contributed by atoms with Crippen LogP contribution in [0.25, 0.3) is 6.08 Å². The highest BCUT2D eigenvalue weighted by atomic mass is 79.9. The Morgan fingerprint density at radius 2 is 1.82 bits per heavy atom. The highest BCUT2D eigenvalue weighted by Crippen LogP contribution is 2.39. The maximum absolute atomic E-state index is 12.1. The molecule has 0 unspecified atom stereocenters. The Morgan fingerprint density at radius 1 is 1.25 bits per heavy atom. The number of benzene rings is 1. The van der Waals surface area contributed by atoms with Crippen molar-refractivity contribution < 1.29 is 18.8 Å². The Bertz CT molecular complexity index is 758. The minimum Gasteiger partial charge on any atom is -0.444 e. The van der Waals surface area contributed by atoms with Crippen LogP contribution < -0.4 is 5.32 Å². The summed E-state index contributed by atoms with van der Waals surface area (Å²) in [6.45, 7) is 13.6. The van der Waals surface area contributed by atoms with Gasteiger partial charge in [0.25, 0.3) is 0 Å². The van der Waals surface area contributed by atoms with Crippen molar-refractivity contribution >= 4 is 46.8 Å². The van der Waals surface area contributed by atoms with Crippen LogP contribution in [0.1, 0.15) is 54.0 Å². The van der Waals surface area contributed by atoms with Crippen LogP contribution in [-0.4, -0.2) is 36.6 Å². The number of alkyl carbamates (subject to hydrolysis) is 1. The molecule has 1 aromatic rings. The maximum Gasteiger partial charge on any atom is 0.492 e. The summed E-state index contributed by atoms with van der Waals surface area (Å²) in [6, 6.07) is 5.58. The summed E-state index contributed by atoms with van der Waals surface area (Å²) in [6.07, 6.45) is 1.38. The molecule has 0 aromatic heterocycles. The van der Waals surface area contributed by atoms with Gasteiger partial charge in [0, 0.05) is 16.0 Å². The van der Waals surface area contributed by atoms with E-state index in [1.807, 2.05) is 66.7 Å². The zero-order valence-corrected chi connectivity index (χ0v) is 19.8. The van der Waals surface area contributed by atoms with Crippen molar-refractivity contribution in [2.24, 2.45) is 0 Å². The van der Waals surface area contributed by atoms with Gasteiger partial charge in [0.2, 0.25) is 0 Å². The second-order valence-corrected chi connectivity index (χ2v) is 10.2. The fraction of sp³-hybridized carbons (Fsp3) is 0.550. The lowest BCUT2D eigenvalue weighted by Crippen LogP contribution is -2.41. The minimum absolute atomic E-state index is 0.203. The van der Waals surface area contributed by atoms with E-state index in [4.69, 9.17) is 25.6 Å². The van der Waals surface area contributed by atoms with E-state index in [1.165, 1.54) is 0 Å². The zero-order chi connectivity index (χ0) is 21.3. The van der Waals surface area contributed by atoms with E-state index in [0.717, 1.165) is 15.5 Å². The average Bonchev–Trinajstić information content (AvgIpc) is 2.73. The van der Waals surface area contributed by atoms with Crippen molar-refractivity contribution in [1.29, 1.82) is 0 Å². The highest BCUT2D eigenvalue weighted by Gasteiger charge is 2.52. The van der Waals surface area contributed by atoms with Gasteiger partial charge in [-0.25, -0.2) is 4.79 Å². The first-order valence-corrected chi connectivity index (χ1v) is 10.4. The van der Waals surface area contributed by atoms with Crippen molar-refractivity contribution in [3.63, 3.8) is 0 Å². The Hall–Kier alpha value is -1.02. The lowest BCUT2D eigenvalue weighted by molar-refractivity contribution is 0.00578. The number of halogens is 2. The average molecular weight is 473 g/mol. The normalized spacial score (nSPS) is 18.9. The molecule has 0 bridgehead atoms. The molecule has 0 radical (unpaired) electrons. The van der Waals surface area contributed by atoms with Crippen LogP contribution in [-0.2, 0) is 14.0 Å². The Kier molecular flexibility index (Phi) is 6.97. The van der Waals surface area contributed by atoms with Gasteiger partial charge >= 0.3 is 13.2 Å². The van der Waals surface area contributed by atoms with Crippen molar-refractivity contribution in [1.82, 2.24) is 5.32 Å². The molecule has 1 aromatic carbocycles. The minimum atomic E-state index is -0.616. The molecule has 0 saturated carbocycles. The molecule has 1 fully saturated rings. The first kappa shape index (κ1) is 23.3. The molecule has 1 aliphatic heterocycles. The van der Waals surface area contributed by atoms with Gasteiger partial charge in [0.15, 0.2) is 0 Å². The van der Waals surface area contributed by atoms with E-state index in [2.05, 4.69) is 21.2 Å². The van der Waals surface area contributed by atoms with Crippen molar-refractivity contribution in [2.75, 3.05) is 6.54 Å². The number of amides is 1. The first-order chi connectivity index (χ1) is 12.7. The number of nitrogens with one attached hydrogen (secondary N) is 1. The van der Waals surface area contributed by atoms with Crippen molar-refractivity contribution in [3.8, 4) is 0 Å². The van der Waals surface area contributed by atoms with Gasteiger partial charge in [-0.2, -0.15) is 0 Å². The maximum atomic E-state index is 12.1. The first-order valence-electron chi connectivity index (χ1n) is 9.18. The third kappa shape index (κ3) is 5.99. The van der Waals surface area contributed by atoms with Gasteiger partial charge in [-0.3, -0.25) is 0 Å². The fourth-order valence-corrected chi connectivity index (χ4v) is 3.06. The number of hydrogen-bond donors (Lipinski definition) is 1. The van der Waals surface area contributed by atoms with Gasteiger partial charge in [-0.1, -0.05) is 33.6 Å². The molecule has 0 atom stereocenters. The smallest absolute Gasteiger partial charge is 0.444 e. The summed E-state index contributed by atoms with van der Waals surface area (Å²) in [4.78, 5) is 12.1. The van der Waals surface area contributed by atoms with Crippen molar-refractivity contribution in [2.45, 2.75) is 65.3 Å². The van der Waals surface area contributed by atoms with Gasteiger partial charge in [0.1, 0.15) is 5.60 Å². The molecule has 1 aliphatic rings. The number of ether oxygens (including phenoxy) is 1. The molecule has 1 heterocycles. The Morgan fingerprint density at radius 3 is 2.36 bits per heavy atom. The van der Waals surface area contributed by atoms with E-state index < -0.39 is 30.0 Å². The standard InChI is InChI=1S/C20H28BBrClNO4/c1-18(2,3)26-17(25)24-12-14(10-13-11-15(22)8-9-16(13)23)21-27-19(4,5)20(6,7)28-21/h8-11H,12H2,1-7H3,(H,24,25). The Balaban J connectivity index is 2.30. The van der Waals surface area contributed by atoms with E-state index >= 15 is 0 Å². The molecular weight excluding hydrogens is 444 g/mol. The molecule has 154 valence electrons. The van der Waals surface area contributed by atoms with Crippen LogP contribution in [0.3, 0.4) is 0 Å². The van der Waals surface area contributed by atoms with Crippen LogP contribution in [0.2, 0.25) is 5.02 Å². The molecular formula is C20H28BBrClNO4. The van der Waals surface area contributed by atoms with Crippen LogP contribution in [0.4, 0.5) is 4.79 Å². The highest BCUT2D eigenvalue weighted by molar-refractivity contribution is 9.10. The van der Waals surface area contributed by atoms with Gasteiger partial charge in [0.05, 0.1) is 11.2 Å². The summed E-state index contributed by atoms with van der Waals surface area (Å²) < 4.78 is 18.6. The van der Waals surface area contributed by atoms with E-state index in [9.17, 15) is 4.79 Å². The molecule has 2 rings (SSSR count). The fourth-order valence-electron chi connectivity index (χ4n) is 2.51. The lowest BCUT2D eigenvalue weighted by Gasteiger charge is -2.32. The van der Waals surface area contributed by atoms with Gasteiger partial charge < -0.3 is 19.4 Å². The van der Waals surface area contributed by atoms with Crippen LogP contribution in [0, 0.1) is 0 Å². The number of hydrogen-bond acceptors (Lipinski definition) is 4.